The number of nitrogens with one attached hydrogen (secondary N) is 2. The Bertz CT molecular complexity index is 1080. The van der Waals surface area contributed by atoms with Crippen molar-refractivity contribution in [2.75, 3.05) is 18.9 Å². The number of hydrogen-bond acceptors (Lipinski definition) is 4. The molecule has 0 aliphatic heterocycles. The van der Waals surface area contributed by atoms with E-state index in [1.807, 2.05) is 19.2 Å². The summed E-state index contributed by atoms with van der Waals surface area (Å²) in [6.07, 6.45) is 7.18. The van der Waals surface area contributed by atoms with Gasteiger partial charge in [-0.25, -0.2) is 4.79 Å². The molecular weight excluding hydrogens is 452 g/mol. The Morgan fingerprint density at radius 2 is 1.86 bits per heavy atom. The molecule has 7 heteroatoms. The highest BCUT2D eigenvalue weighted by molar-refractivity contribution is 5.95. The summed E-state index contributed by atoms with van der Waals surface area (Å²) in [7, 11) is 1.84. The van der Waals surface area contributed by atoms with E-state index in [1.165, 1.54) is 12.5 Å². The zero-order chi connectivity index (χ0) is 26.2. The Balaban J connectivity index is 1.57. The average Bonchev–Trinajstić information content (AvgIpc) is 2.84. The lowest BCUT2D eigenvalue weighted by Crippen LogP contribution is -2.39. The highest BCUT2D eigenvalue weighted by Crippen LogP contribution is 2.39. The first-order chi connectivity index (χ1) is 17.1. The predicted molar refractivity (Wildman–Crippen MR) is 142 cm³/mol. The van der Waals surface area contributed by atoms with E-state index in [2.05, 4.69) is 42.5 Å². The number of carbonyl (C=O) groups excluding carboxylic acids is 3. The quantitative estimate of drug-likeness (QED) is 0.368. The van der Waals surface area contributed by atoms with Gasteiger partial charge in [-0.2, -0.15) is 0 Å². The summed E-state index contributed by atoms with van der Waals surface area (Å²) in [5.41, 5.74) is 3.48. The minimum absolute atomic E-state index is 0.00896. The minimum Gasteiger partial charge on any atom is -0.341 e. The van der Waals surface area contributed by atoms with Gasteiger partial charge in [-0.3, -0.25) is 14.6 Å². The Morgan fingerprint density at radius 1 is 1.14 bits per heavy atom. The number of benzene rings is 1. The summed E-state index contributed by atoms with van der Waals surface area (Å²) >= 11 is 0. The van der Waals surface area contributed by atoms with Crippen LogP contribution in [0.1, 0.15) is 56.5 Å². The SMILES string of the molecule is CC(=O)c1ccc(NC(=O)NCC2C=C(C)C(CC(=O)N(C)Cc3cccnc3)CC2C(C)C)cc1. The second kappa shape index (κ2) is 12.5. The van der Waals surface area contributed by atoms with Crippen molar-refractivity contribution in [2.45, 2.75) is 47.1 Å². The van der Waals surface area contributed by atoms with E-state index in [4.69, 9.17) is 0 Å². The Morgan fingerprint density at radius 3 is 2.47 bits per heavy atom. The van der Waals surface area contributed by atoms with Crippen molar-refractivity contribution in [1.29, 1.82) is 0 Å². The van der Waals surface area contributed by atoms with Crippen molar-refractivity contribution < 1.29 is 14.4 Å². The van der Waals surface area contributed by atoms with E-state index in [0.29, 0.717) is 42.6 Å². The number of anilines is 1. The second-order valence-corrected chi connectivity index (χ2v) is 10.2. The maximum absolute atomic E-state index is 13.0. The van der Waals surface area contributed by atoms with Crippen LogP contribution in [-0.4, -0.2) is 41.2 Å². The number of allylic oxidation sites excluding steroid dienone is 1. The number of ketones is 1. The summed E-state index contributed by atoms with van der Waals surface area (Å²) in [4.78, 5) is 42.8. The van der Waals surface area contributed by atoms with Crippen LogP contribution in [0.25, 0.3) is 0 Å². The molecule has 3 amide bonds. The summed E-state index contributed by atoms with van der Waals surface area (Å²) < 4.78 is 0. The van der Waals surface area contributed by atoms with Gasteiger partial charge in [0, 0.05) is 50.2 Å². The lowest BCUT2D eigenvalue weighted by atomic mass is 9.69. The normalized spacial score (nSPS) is 19.4. The lowest BCUT2D eigenvalue weighted by Gasteiger charge is -2.37. The van der Waals surface area contributed by atoms with Crippen molar-refractivity contribution >= 4 is 23.4 Å². The predicted octanol–water partition coefficient (Wildman–Crippen LogP) is 5.31. The molecule has 3 unspecified atom stereocenters. The van der Waals surface area contributed by atoms with Crippen molar-refractivity contribution in [2.24, 2.45) is 23.7 Å². The molecule has 1 aliphatic carbocycles. The number of nitrogens with zero attached hydrogens (tertiary/aromatic N) is 2. The Labute approximate surface area is 214 Å². The monoisotopic (exact) mass is 490 g/mol. The first-order valence-corrected chi connectivity index (χ1v) is 12.6. The third kappa shape index (κ3) is 7.51. The fourth-order valence-corrected chi connectivity index (χ4v) is 4.90. The minimum atomic E-state index is -0.270. The molecule has 3 atom stereocenters. The first kappa shape index (κ1) is 27.1. The molecule has 0 bridgehead atoms. The molecule has 36 heavy (non-hydrogen) atoms. The zero-order valence-electron chi connectivity index (χ0n) is 22.0. The summed E-state index contributed by atoms with van der Waals surface area (Å²) in [6.45, 7) is 9.10. The number of aromatic nitrogens is 1. The van der Waals surface area contributed by atoms with E-state index in [1.54, 1.807) is 41.6 Å². The highest BCUT2D eigenvalue weighted by Gasteiger charge is 2.33. The molecule has 0 radical (unpaired) electrons. The molecule has 1 aromatic carbocycles. The molecule has 1 aliphatic rings. The van der Waals surface area contributed by atoms with Gasteiger partial charge in [-0.15, -0.1) is 0 Å². The fraction of sp³-hybridized carbons (Fsp3) is 0.448. The molecule has 0 saturated carbocycles. The number of Topliss-reactive ketones (excluding diaryl/α,β-unsaturated/α-hetero) is 1. The Kier molecular flexibility index (Phi) is 9.39. The van der Waals surface area contributed by atoms with Crippen molar-refractivity contribution in [1.82, 2.24) is 15.2 Å². The molecule has 0 saturated heterocycles. The van der Waals surface area contributed by atoms with E-state index in [9.17, 15) is 14.4 Å². The number of urea groups is 1. The molecule has 1 heterocycles. The van der Waals surface area contributed by atoms with Gasteiger partial charge in [0.15, 0.2) is 5.78 Å². The van der Waals surface area contributed by atoms with Crippen LogP contribution in [-0.2, 0) is 11.3 Å². The van der Waals surface area contributed by atoms with E-state index in [-0.39, 0.29) is 29.6 Å². The molecule has 2 N–H and O–H groups in total. The Hall–Kier alpha value is -3.48. The zero-order valence-corrected chi connectivity index (χ0v) is 22.0. The van der Waals surface area contributed by atoms with Crippen LogP contribution in [0.5, 0.6) is 0 Å². The van der Waals surface area contributed by atoms with Crippen LogP contribution in [0, 0.1) is 23.7 Å². The van der Waals surface area contributed by atoms with Crippen molar-refractivity contribution in [3.05, 3.63) is 71.6 Å². The molecule has 1 aromatic heterocycles. The smallest absolute Gasteiger partial charge is 0.319 e. The number of pyridine rings is 1. The van der Waals surface area contributed by atoms with Crippen LogP contribution >= 0.6 is 0 Å². The standard InChI is InChI=1S/C29H38N4O3/c1-19(2)27-14-24(15-28(35)33(5)18-22-7-6-12-30-16-22)20(3)13-25(27)17-31-29(36)32-26-10-8-23(9-11-26)21(4)34/h6-13,16,19,24-25,27H,14-15,17-18H2,1-5H3,(H2,31,32,36). The van der Waals surface area contributed by atoms with Crippen LogP contribution < -0.4 is 10.6 Å². The van der Waals surface area contributed by atoms with Gasteiger partial charge in [-0.1, -0.05) is 31.6 Å². The van der Waals surface area contributed by atoms with Crippen LogP contribution in [0.2, 0.25) is 0 Å². The molecule has 0 fully saturated rings. The van der Waals surface area contributed by atoms with Crippen molar-refractivity contribution in [3.63, 3.8) is 0 Å². The third-order valence-electron chi connectivity index (χ3n) is 7.12. The van der Waals surface area contributed by atoms with Gasteiger partial charge in [0.25, 0.3) is 0 Å². The van der Waals surface area contributed by atoms with E-state index >= 15 is 0 Å². The fourth-order valence-electron chi connectivity index (χ4n) is 4.90. The van der Waals surface area contributed by atoms with Crippen molar-refractivity contribution in [3.8, 4) is 0 Å². The molecule has 0 spiro atoms. The summed E-state index contributed by atoms with van der Waals surface area (Å²) in [5.74, 6) is 1.32. The maximum Gasteiger partial charge on any atom is 0.319 e. The van der Waals surface area contributed by atoms with Gasteiger partial charge in [-0.05, 0) is 79.8 Å². The molecule has 2 aromatic rings. The average molecular weight is 491 g/mol. The molecule has 3 rings (SSSR count). The van der Waals surface area contributed by atoms with Gasteiger partial charge in [0.1, 0.15) is 0 Å². The summed E-state index contributed by atoms with van der Waals surface area (Å²) in [6, 6.07) is 10.5. The van der Waals surface area contributed by atoms with Gasteiger partial charge >= 0.3 is 6.03 Å². The van der Waals surface area contributed by atoms with Gasteiger partial charge in [0.2, 0.25) is 5.91 Å². The first-order valence-electron chi connectivity index (χ1n) is 12.6. The number of rotatable bonds is 9. The lowest BCUT2D eigenvalue weighted by molar-refractivity contribution is -0.131. The number of carbonyl (C=O) groups is 3. The highest BCUT2D eigenvalue weighted by atomic mass is 16.2. The maximum atomic E-state index is 13.0. The van der Waals surface area contributed by atoms with Crippen LogP contribution in [0.4, 0.5) is 10.5 Å². The molecular formula is C29H38N4O3. The molecule has 7 nitrogen and oxygen atoms in total. The van der Waals surface area contributed by atoms with E-state index < -0.39 is 0 Å². The van der Waals surface area contributed by atoms with Crippen LogP contribution in [0.3, 0.4) is 0 Å². The van der Waals surface area contributed by atoms with Gasteiger partial charge < -0.3 is 15.5 Å². The van der Waals surface area contributed by atoms with E-state index in [0.717, 1.165) is 12.0 Å². The third-order valence-corrected chi connectivity index (χ3v) is 7.12. The second-order valence-electron chi connectivity index (χ2n) is 10.2. The topological polar surface area (TPSA) is 91.4 Å². The summed E-state index contributed by atoms with van der Waals surface area (Å²) in [5, 5.41) is 5.84. The largest absolute Gasteiger partial charge is 0.341 e. The number of hydrogen-bond donors (Lipinski definition) is 2. The van der Waals surface area contributed by atoms with Gasteiger partial charge in [0.05, 0.1) is 0 Å². The molecule has 192 valence electrons. The number of amides is 3. The van der Waals surface area contributed by atoms with Crippen LogP contribution in [0.15, 0.2) is 60.4 Å².